The first-order valence-electron chi connectivity index (χ1n) is 8.27. The maximum Gasteiger partial charge on any atom is 0.282 e. The first-order valence-corrected chi connectivity index (χ1v) is 8.64. The van der Waals surface area contributed by atoms with Gasteiger partial charge in [0.1, 0.15) is 11.0 Å². The van der Waals surface area contributed by atoms with Crippen molar-refractivity contribution < 1.29 is 4.79 Å². The molecule has 0 unspecified atom stereocenters. The van der Waals surface area contributed by atoms with Crippen LogP contribution < -0.4 is 4.90 Å². The van der Waals surface area contributed by atoms with E-state index < -0.39 is 5.91 Å². The number of nitriles is 1. The summed E-state index contributed by atoms with van der Waals surface area (Å²) in [5, 5.41) is 9.14. The minimum absolute atomic E-state index is 0.128. The number of halogens is 1. The molecular weight excluding hydrogens is 360 g/mol. The van der Waals surface area contributed by atoms with Crippen molar-refractivity contribution in [1.29, 1.82) is 5.26 Å². The van der Waals surface area contributed by atoms with Gasteiger partial charge in [0.2, 0.25) is 0 Å². The van der Waals surface area contributed by atoms with E-state index in [0.717, 1.165) is 16.8 Å². The van der Waals surface area contributed by atoms with E-state index in [-0.39, 0.29) is 10.7 Å². The number of amidine groups is 1. The zero-order chi connectivity index (χ0) is 18.8. The third kappa shape index (κ3) is 3.19. The smallest absolute Gasteiger partial charge is 0.282 e. The molecule has 3 aromatic rings. The fourth-order valence-electron chi connectivity index (χ4n) is 3.02. The molecular formula is C21H13ClN4O. The predicted molar refractivity (Wildman–Crippen MR) is 104 cm³/mol. The summed E-state index contributed by atoms with van der Waals surface area (Å²) < 4.78 is 0. The lowest BCUT2D eigenvalue weighted by Crippen LogP contribution is -2.25. The summed E-state index contributed by atoms with van der Waals surface area (Å²) in [5.41, 5.74) is 3.66. The summed E-state index contributed by atoms with van der Waals surface area (Å²) in [6, 6.07) is 20.4. The molecule has 5 nitrogen and oxygen atoms in total. The summed E-state index contributed by atoms with van der Waals surface area (Å²) in [5.74, 6) is 0.110. The molecule has 0 N–H and O–H groups in total. The average molecular weight is 373 g/mol. The Bertz CT molecular complexity index is 1100. The van der Waals surface area contributed by atoms with Crippen LogP contribution in [0.25, 0.3) is 0 Å². The number of hydrogen-bond donors (Lipinski definition) is 0. The van der Waals surface area contributed by atoms with Gasteiger partial charge in [-0.15, -0.1) is 0 Å². The highest BCUT2D eigenvalue weighted by Crippen LogP contribution is 2.29. The third-order valence-electron chi connectivity index (χ3n) is 4.35. The third-order valence-corrected chi connectivity index (χ3v) is 4.65. The standard InChI is InChI=1S/C21H13ClN4O/c22-19-18(6-3-11-24-19)21(27)25-20-17-5-2-1-4-15(17)13-26(20)16-9-7-14(12-23)8-10-16/h1-11H,13H2. The van der Waals surface area contributed by atoms with Gasteiger partial charge >= 0.3 is 0 Å². The summed E-state index contributed by atoms with van der Waals surface area (Å²) in [4.78, 5) is 23.0. The zero-order valence-electron chi connectivity index (χ0n) is 14.1. The van der Waals surface area contributed by atoms with Gasteiger partial charge in [-0.05, 0) is 42.0 Å². The lowest BCUT2D eigenvalue weighted by atomic mass is 10.1. The Morgan fingerprint density at radius 3 is 2.63 bits per heavy atom. The second kappa shape index (κ2) is 7.02. The molecule has 2 heterocycles. The molecule has 0 saturated carbocycles. The topological polar surface area (TPSA) is 69.3 Å². The van der Waals surface area contributed by atoms with Crippen LogP contribution in [0.2, 0.25) is 5.15 Å². The SMILES string of the molecule is N#Cc1ccc(N2Cc3ccccc3C2=NC(=O)c2cccnc2Cl)cc1. The Kier molecular flexibility index (Phi) is 4.41. The molecule has 0 atom stereocenters. The van der Waals surface area contributed by atoms with Crippen LogP contribution in [0.3, 0.4) is 0 Å². The van der Waals surface area contributed by atoms with Crippen molar-refractivity contribution in [3.05, 3.63) is 94.3 Å². The monoisotopic (exact) mass is 372 g/mol. The predicted octanol–water partition coefficient (Wildman–Crippen LogP) is 4.21. The van der Waals surface area contributed by atoms with Crippen LogP contribution in [-0.2, 0) is 6.54 Å². The summed E-state index contributed by atoms with van der Waals surface area (Å²) >= 11 is 6.05. The number of rotatable bonds is 2. The van der Waals surface area contributed by atoms with Gasteiger partial charge in [0.05, 0.1) is 23.7 Å². The summed E-state index contributed by atoms with van der Waals surface area (Å²) in [6.45, 7) is 0.592. The van der Waals surface area contributed by atoms with Gasteiger partial charge in [0.15, 0.2) is 0 Å². The second-order valence-electron chi connectivity index (χ2n) is 5.98. The molecule has 1 aliphatic rings. The number of anilines is 1. The van der Waals surface area contributed by atoms with Gasteiger partial charge in [-0.1, -0.05) is 35.9 Å². The van der Waals surface area contributed by atoms with Crippen LogP contribution in [-0.4, -0.2) is 16.7 Å². The highest BCUT2D eigenvalue weighted by molar-refractivity contribution is 6.33. The van der Waals surface area contributed by atoms with Gasteiger partial charge in [-0.2, -0.15) is 10.3 Å². The van der Waals surface area contributed by atoms with Gasteiger partial charge in [0, 0.05) is 17.4 Å². The number of aliphatic imine (C=N–C) groups is 1. The van der Waals surface area contributed by atoms with Crippen molar-refractivity contribution in [2.45, 2.75) is 6.54 Å². The van der Waals surface area contributed by atoms with Crippen LogP contribution in [0.1, 0.15) is 27.0 Å². The fraction of sp³-hybridized carbons (Fsp3) is 0.0476. The Labute approximate surface area is 161 Å². The Morgan fingerprint density at radius 2 is 1.89 bits per heavy atom. The molecule has 1 aromatic heterocycles. The van der Waals surface area contributed by atoms with E-state index in [2.05, 4.69) is 16.0 Å². The number of pyridine rings is 1. The molecule has 0 spiro atoms. The Morgan fingerprint density at radius 1 is 1.11 bits per heavy atom. The minimum atomic E-state index is -0.446. The van der Waals surface area contributed by atoms with E-state index in [4.69, 9.17) is 16.9 Å². The molecule has 0 radical (unpaired) electrons. The molecule has 2 aromatic carbocycles. The molecule has 1 aliphatic heterocycles. The maximum absolute atomic E-state index is 12.7. The Balaban J connectivity index is 1.79. The van der Waals surface area contributed by atoms with Crippen LogP contribution in [0, 0.1) is 11.3 Å². The number of carbonyl (C=O) groups excluding carboxylic acids is 1. The average Bonchev–Trinajstić information content (AvgIpc) is 3.07. The van der Waals surface area contributed by atoms with Crippen LogP contribution in [0.4, 0.5) is 5.69 Å². The number of amides is 1. The molecule has 1 amide bonds. The number of benzene rings is 2. The molecule has 0 bridgehead atoms. The number of carbonyl (C=O) groups is 1. The van der Waals surface area contributed by atoms with Crippen molar-refractivity contribution in [1.82, 2.24) is 4.98 Å². The normalized spacial score (nSPS) is 14.1. The van der Waals surface area contributed by atoms with Crippen LogP contribution >= 0.6 is 11.6 Å². The lowest BCUT2D eigenvalue weighted by molar-refractivity contribution is 0.100. The van der Waals surface area contributed by atoms with E-state index in [0.29, 0.717) is 17.9 Å². The van der Waals surface area contributed by atoms with Crippen LogP contribution in [0.15, 0.2) is 71.9 Å². The number of aromatic nitrogens is 1. The van der Waals surface area contributed by atoms with E-state index in [1.54, 1.807) is 24.3 Å². The van der Waals surface area contributed by atoms with Crippen molar-refractivity contribution in [3.8, 4) is 6.07 Å². The van der Waals surface area contributed by atoms with Gasteiger partial charge in [0.25, 0.3) is 5.91 Å². The zero-order valence-corrected chi connectivity index (χ0v) is 14.9. The lowest BCUT2D eigenvalue weighted by Gasteiger charge is -2.19. The van der Waals surface area contributed by atoms with Gasteiger partial charge in [-0.25, -0.2) is 4.98 Å². The first kappa shape index (κ1) is 17.0. The molecule has 0 aliphatic carbocycles. The van der Waals surface area contributed by atoms with Gasteiger partial charge < -0.3 is 4.90 Å². The van der Waals surface area contributed by atoms with Crippen molar-refractivity contribution >= 4 is 29.0 Å². The second-order valence-corrected chi connectivity index (χ2v) is 6.34. The number of fused-ring (bicyclic) bond motifs is 1. The molecule has 0 fully saturated rings. The van der Waals surface area contributed by atoms with Crippen LogP contribution in [0.5, 0.6) is 0 Å². The van der Waals surface area contributed by atoms with Gasteiger partial charge in [-0.3, -0.25) is 4.79 Å². The quantitative estimate of drug-likeness (QED) is 0.632. The molecule has 27 heavy (non-hydrogen) atoms. The molecule has 0 saturated heterocycles. The molecule has 4 rings (SSSR count). The maximum atomic E-state index is 12.7. The van der Waals surface area contributed by atoms with E-state index in [9.17, 15) is 4.79 Å². The first-order chi connectivity index (χ1) is 13.2. The molecule has 130 valence electrons. The largest absolute Gasteiger partial charge is 0.321 e. The van der Waals surface area contributed by atoms with E-state index in [1.807, 2.05) is 41.3 Å². The fourth-order valence-corrected chi connectivity index (χ4v) is 3.22. The molecule has 6 heteroatoms. The van der Waals surface area contributed by atoms with Crippen molar-refractivity contribution in [2.75, 3.05) is 4.90 Å². The summed E-state index contributed by atoms with van der Waals surface area (Å²) in [6.07, 6.45) is 1.53. The minimum Gasteiger partial charge on any atom is -0.321 e. The summed E-state index contributed by atoms with van der Waals surface area (Å²) in [7, 11) is 0. The number of nitrogens with zero attached hydrogens (tertiary/aromatic N) is 4. The number of hydrogen-bond acceptors (Lipinski definition) is 3. The Hall–Kier alpha value is -3.49. The highest BCUT2D eigenvalue weighted by atomic mass is 35.5. The van der Waals surface area contributed by atoms with E-state index in [1.165, 1.54) is 6.20 Å². The highest BCUT2D eigenvalue weighted by Gasteiger charge is 2.27. The van der Waals surface area contributed by atoms with E-state index >= 15 is 0 Å². The van der Waals surface area contributed by atoms with Crippen molar-refractivity contribution in [2.24, 2.45) is 4.99 Å². The van der Waals surface area contributed by atoms with Crippen molar-refractivity contribution in [3.63, 3.8) is 0 Å².